The Labute approximate surface area is 171 Å². The highest BCUT2D eigenvalue weighted by molar-refractivity contribution is 6.01. The van der Waals surface area contributed by atoms with Crippen LogP contribution in [0.3, 0.4) is 0 Å². The molecule has 9 heteroatoms. The molecule has 152 valence electrons. The Morgan fingerprint density at radius 3 is 2.73 bits per heavy atom. The number of carbonyl (C=O) groups excluding carboxylic acids is 1. The van der Waals surface area contributed by atoms with Gasteiger partial charge in [0.2, 0.25) is 0 Å². The smallest absolute Gasteiger partial charge is 0.285 e. The van der Waals surface area contributed by atoms with Crippen molar-refractivity contribution in [2.45, 2.75) is 39.8 Å². The van der Waals surface area contributed by atoms with Gasteiger partial charge in [-0.05, 0) is 50.6 Å². The lowest BCUT2D eigenvalue weighted by Gasteiger charge is -2.20. The first-order valence-corrected chi connectivity index (χ1v) is 9.37. The van der Waals surface area contributed by atoms with Gasteiger partial charge >= 0.3 is 0 Å². The fourth-order valence-corrected chi connectivity index (χ4v) is 3.39. The Balaban J connectivity index is 1.69. The van der Waals surface area contributed by atoms with Crippen LogP contribution in [0.4, 0.5) is 0 Å². The van der Waals surface area contributed by atoms with Gasteiger partial charge in [0, 0.05) is 6.42 Å². The Hall–Kier alpha value is -3.93. The first-order valence-electron chi connectivity index (χ1n) is 9.37. The first-order chi connectivity index (χ1) is 14.4. The van der Waals surface area contributed by atoms with Crippen molar-refractivity contribution < 1.29 is 13.6 Å². The molecular formula is C21H19N5O4. The summed E-state index contributed by atoms with van der Waals surface area (Å²) in [7, 11) is 0. The topological polar surface area (TPSA) is 118 Å². The number of nitriles is 1. The van der Waals surface area contributed by atoms with Crippen LogP contribution < -0.4 is 5.56 Å². The van der Waals surface area contributed by atoms with Crippen molar-refractivity contribution in [2.75, 3.05) is 0 Å². The third-order valence-corrected chi connectivity index (χ3v) is 5.10. The fourth-order valence-electron chi connectivity index (χ4n) is 3.39. The van der Waals surface area contributed by atoms with E-state index in [1.54, 1.807) is 32.0 Å². The van der Waals surface area contributed by atoms with Crippen molar-refractivity contribution in [3.8, 4) is 6.07 Å². The van der Waals surface area contributed by atoms with E-state index in [1.807, 2.05) is 19.1 Å². The quantitative estimate of drug-likeness (QED) is 0.658. The maximum atomic E-state index is 13.1. The summed E-state index contributed by atoms with van der Waals surface area (Å²) in [4.78, 5) is 25.7. The number of rotatable bonds is 4. The Bertz CT molecular complexity index is 1240. The molecule has 1 amide bonds. The van der Waals surface area contributed by atoms with Crippen LogP contribution in [-0.2, 0) is 11.3 Å². The van der Waals surface area contributed by atoms with E-state index < -0.39 is 17.5 Å². The number of hydrogen-bond acceptors (Lipinski definition) is 7. The molecule has 30 heavy (non-hydrogen) atoms. The van der Waals surface area contributed by atoms with E-state index in [4.69, 9.17) is 8.83 Å². The molecule has 0 radical (unpaired) electrons. The summed E-state index contributed by atoms with van der Waals surface area (Å²) in [6.45, 7) is 4.83. The molecule has 0 aromatic carbocycles. The fraction of sp³-hybridized carbons (Fsp3) is 0.286. The van der Waals surface area contributed by atoms with E-state index in [-0.39, 0.29) is 12.1 Å². The summed E-state index contributed by atoms with van der Waals surface area (Å²) in [5.74, 6) is 1.44. The van der Waals surface area contributed by atoms with Crippen LogP contribution in [0.5, 0.6) is 0 Å². The van der Waals surface area contributed by atoms with E-state index in [9.17, 15) is 14.9 Å². The molecule has 0 fully saturated rings. The monoisotopic (exact) mass is 405 g/mol. The van der Waals surface area contributed by atoms with Crippen LogP contribution in [0.25, 0.3) is 0 Å². The average molecular weight is 405 g/mol. The minimum atomic E-state index is -0.603. The molecule has 4 rings (SSSR count). The molecule has 3 aromatic rings. The van der Waals surface area contributed by atoms with Crippen LogP contribution in [0, 0.1) is 32.1 Å². The molecule has 0 saturated carbocycles. The predicted octanol–water partition coefficient (Wildman–Crippen LogP) is 2.60. The SMILES string of the molecule is Cc1ccc(C2=NN(C(=O)Cn3nc(C)c(C)c(C#N)c3=O)C(c3ccco3)C2)o1. The molecular weight excluding hydrogens is 386 g/mol. The molecule has 1 aliphatic heterocycles. The lowest BCUT2D eigenvalue weighted by atomic mass is 10.1. The Morgan fingerprint density at radius 2 is 2.10 bits per heavy atom. The van der Waals surface area contributed by atoms with Crippen molar-refractivity contribution in [1.82, 2.24) is 14.8 Å². The van der Waals surface area contributed by atoms with Gasteiger partial charge in [0.1, 0.15) is 47.2 Å². The minimum Gasteiger partial charge on any atom is -0.467 e. The maximum Gasteiger partial charge on any atom is 0.285 e. The number of hydrazone groups is 1. The van der Waals surface area contributed by atoms with Crippen LogP contribution in [0.2, 0.25) is 0 Å². The second-order valence-electron chi connectivity index (χ2n) is 7.09. The molecule has 0 N–H and O–H groups in total. The number of amides is 1. The molecule has 0 bridgehead atoms. The molecule has 1 unspecified atom stereocenters. The van der Waals surface area contributed by atoms with E-state index in [1.165, 1.54) is 11.3 Å². The van der Waals surface area contributed by atoms with Gasteiger partial charge in [0.15, 0.2) is 0 Å². The summed E-state index contributed by atoms with van der Waals surface area (Å²) in [6, 6.07) is 8.56. The summed E-state index contributed by atoms with van der Waals surface area (Å²) in [6.07, 6.45) is 1.94. The van der Waals surface area contributed by atoms with Gasteiger partial charge in [-0.15, -0.1) is 0 Å². The second-order valence-corrected chi connectivity index (χ2v) is 7.09. The number of aromatic nitrogens is 2. The molecule has 4 heterocycles. The number of nitrogens with zero attached hydrogens (tertiary/aromatic N) is 5. The minimum absolute atomic E-state index is 0.0189. The Kier molecular flexibility index (Phi) is 4.83. The molecule has 9 nitrogen and oxygen atoms in total. The van der Waals surface area contributed by atoms with Crippen molar-refractivity contribution in [3.05, 3.63) is 75.0 Å². The van der Waals surface area contributed by atoms with E-state index in [0.29, 0.717) is 34.9 Å². The van der Waals surface area contributed by atoms with Crippen LogP contribution in [0.1, 0.15) is 46.6 Å². The normalized spacial score (nSPS) is 15.9. The molecule has 1 atom stereocenters. The standard InChI is InChI=1S/C21H19N5O4/c1-12-6-7-18(30-12)16-9-17(19-5-4-8-29-19)26(24-16)20(27)11-25-21(28)15(10-22)13(2)14(3)23-25/h4-8,17H,9,11H2,1-3H3. The van der Waals surface area contributed by atoms with E-state index in [2.05, 4.69) is 10.2 Å². The largest absolute Gasteiger partial charge is 0.467 e. The highest BCUT2D eigenvalue weighted by Gasteiger charge is 2.36. The maximum absolute atomic E-state index is 13.1. The van der Waals surface area contributed by atoms with Gasteiger partial charge < -0.3 is 8.83 Å². The Morgan fingerprint density at radius 1 is 1.30 bits per heavy atom. The summed E-state index contributed by atoms with van der Waals surface area (Å²) < 4.78 is 12.2. The van der Waals surface area contributed by atoms with Gasteiger partial charge in [-0.2, -0.15) is 15.5 Å². The van der Waals surface area contributed by atoms with Crippen molar-refractivity contribution in [1.29, 1.82) is 5.26 Å². The summed E-state index contributed by atoms with van der Waals surface area (Å²) >= 11 is 0. The highest BCUT2D eigenvalue weighted by Crippen LogP contribution is 2.33. The predicted molar refractivity (Wildman–Crippen MR) is 106 cm³/mol. The molecule has 0 saturated heterocycles. The zero-order valence-electron chi connectivity index (χ0n) is 16.7. The van der Waals surface area contributed by atoms with E-state index in [0.717, 1.165) is 10.4 Å². The van der Waals surface area contributed by atoms with Crippen molar-refractivity contribution in [3.63, 3.8) is 0 Å². The second kappa shape index (κ2) is 7.48. The lowest BCUT2D eigenvalue weighted by Crippen LogP contribution is -2.36. The molecule has 3 aromatic heterocycles. The van der Waals surface area contributed by atoms with Gasteiger partial charge in [0.05, 0.1) is 12.0 Å². The highest BCUT2D eigenvalue weighted by atomic mass is 16.3. The first kappa shape index (κ1) is 19.4. The van der Waals surface area contributed by atoms with Crippen LogP contribution >= 0.6 is 0 Å². The van der Waals surface area contributed by atoms with Crippen molar-refractivity contribution >= 4 is 11.6 Å². The average Bonchev–Trinajstić information content (AvgIpc) is 3.46. The molecule has 0 aliphatic carbocycles. The third kappa shape index (κ3) is 3.33. The third-order valence-electron chi connectivity index (χ3n) is 5.10. The lowest BCUT2D eigenvalue weighted by molar-refractivity contribution is -0.134. The van der Waals surface area contributed by atoms with E-state index >= 15 is 0 Å². The zero-order chi connectivity index (χ0) is 21.4. The number of hydrogen-bond donors (Lipinski definition) is 0. The number of carbonyl (C=O) groups is 1. The summed E-state index contributed by atoms with van der Waals surface area (Å²) in [5.41, 5.74) is 1.01. The molecule has 1 aliphatic rings. The van der Waals surface area contributed by atoms with Gasteiger partial charge in [-0.1, -0.05) is 0 Å². The summed E-state index contributed by atoms with van der Waals surface area (Å²) in [5, 5.41) is 19.2. The number of aryl methyl sites for hydroxylation is 2. The number of furan rings is 2. The van der Waals surface area contributed by atoms with Crippen LogP contribution in [0.15, 0.2) is 49.3 Å². The molecule has 0 spiro atoms. The van der Waals surface area contributed by atoms with Gasteiger partial charge in [-0.25, -0.2) is 9.69 Å². The van der Waals surface area contributed by atoms with Gasteiger partial charge in [-0.3, -0.25) is 9.59 Å². The van der Waals surface area contributed by atoms with Crippen LogP contribution in [-0.4, -0.2) is 26.4 Å². The van der Waals surface area contributed by atoms with Gasteiger partial charge in [0.25, 0.3) is 11.5 Å². The van der Waals surface area contributed by atoms with Crippen molar-refractivity contribution in [2.24, 2.45) is 5.10 Å². The zero-order valence-corrected chi connectivity index (χ0v) is 16.7.